The van der Waals surface area contributed by atoms with Crippen LogP contribution in [-0.2, 0) is 11.2 Å². The van der Waals surface area contributed by atoms with Gasteiger partial charge in [0, 0.05) is 11.1 Å². The maximum absolute atomic E-state index is 5.83. The zero-order valence-electron chi connectivity index (χ0n) is 12.5. The summed E-state index contributed by atoms with van der Waals surface area (Å²) >= 11 is 3.47. The number of rotatable bonds is 7. The van der Waals surface area contributed by atoms with E-state index in [0.29, 0.717) is 5.92 Å². The summed E-state index contributed by atoms with van der Waals surface area (Å²) < 4.78 is 6.96. The summed E-state index contributed by atoms with van der Waals surface area (Å²) in [5.41, 5.74) is 1.35. The minimum Gasteiger partial charge on any atom is -0.376 e. The fourth-order valence-electron chi connectivity index (χ4n) is 2.05. The second kappa shape index (κ2) is 8.03. The standard InChI is InChI=1S/C16H26BrNO/c1-16(2,3)19-10-9-14(12-18-4)11-13-5-7-15(17)8-6-13/h5-8,14,18H,9-12H2,1-4H3. The smallest absolute Gasteiger partial charge is 0.0598 e. The van der Waals surface area contributed by atoms with Gasteiger partial charge in [0.2, 0.25) is 0 Å². The highest BCUT2D eigenvalue weighted by atomic mass is 79.9. The maximum Gasteiger partial charge on any atom is 0.0598 e. The largest absolute Gasteiger partial charge is 0.376 e. The molecule has 0 heterocycles. The van der Waals surface area contributed by atoms with Crippen molar-refractivity contribution in [2.45, 2.75) is 39.2 Å². The Morgan fingerprint density at radius 3 is 2.37 bits per heavy atom. The van der Waals surface area contributed by atoms with Gasteiger partial charge in [-0.3, -0.25) is 0 Å². The Balaban J connectivity index is 2.45. The number of halogens is 1. The van der Waals surface area contributed by atoms with Crippen LogP contribution in [0.15, 0.2) is 28.7 Å². The Morgan fingerprint density at radius 2 is 1.84 bits per heavy atom. The third kappa shape index (κ3) is 7.71. The molecule has 0 amide bonds. The average molecular weight is 328 g/mol. The monoisotopic (exact) mass is 327 g/mol. The van der Waals surface area contributed by atoms with Crippen molar-refractivity contribution < 1.29 is 4.74 Å². The van der Waals surface area contributed by atoms with Crippen LogP contribution >= 0.6 is 15.9 Å². The van der Waals surface area contributed by atoms with Crippen LogP contribution in [0.25, 0.3) is 0 Å². The van der Waals surface area contributed by atoms with E-state index < -0.39 is 0 Å². The second-order valence-corrected chi connectivity index (χ2v) is 6.92. The van der Waals surface area contributed by atoms with Gasteiger partial charge in [0.1, 0.15) is 0 Å². The molecule has 0 saturated carbocycles. The van der Waals surface area contributed by atoms with Crippen molar-refractivity contribution in [1.82, 2.24) is 5.32 Å². The Labute approximate surface area is 126 Å². The van der Waals surface area contributed by atoms with Gasteiger partial charge in [0.05, 0.1) is 5.60 Å². The minimum atomic E-state index is -0.0399. The van der Waals surface area contributed by atoms with Gasteiger partial charge < -0.3 is 10.1 Å². The third-order valence-corrected chi connectivity index (χ3v) is 3.52. The molecule has 0 spiro atoms. The second-order valence-electron chi connectivity index (χ2n) is 6.00. The molecule has 0 aliphatic rings. The van der Waals surface area contributed by atoms with E-state index in [0.717, 1.165) is 30.5 Å². The molecule has 0 aliphatic carbocycles. The van der Waals surface area contributed by atoms with Crippen LogP contribution in [-0.4, -0.2) is 25.8 Å². The Kier molecular flexibility index (Phi) is 7.05. The summed E-state index contributed by atoms with van der Waals surface area (Å²) in [5, 5.41) is 3.28. The van der Waals surface area contributed by atoms with Gasteiger partial charge in [0.25, 0.3) is 0 Å². The molecule has 1 unspecified atom stereocenters. The predicted octanol–water partition coefficient (Wildman–Crippen LogP) is 4.03. The summed E-state index contributed by atoms with van der Waals surface area (Å²) in [6.45, 7) is 8.17. The predicted molar refractivity (Wildman–Crippen MR) is 85.6 cm³/mol. The lowest BCUT2D eigenvalue weighted by Crippen LogP contribution is -2.25. The van der Waals surface area contributed by atoms with Crippen LogP contribution in [0.1, 0.15) is 32.8 Å². The van der Waals surface area contributed by atoms with Gasteiger partial charge in [0.15, 0.2) is 0 Å². The molecule has 0 bridgehead atoms. The first-order valence-corrected chi connectivity index (χ1v) is 7.73. The number of benzene rings is 1. The number of nitrogens with one attached hydrogen (secondary N) is 1. The van der Waals surface area contributed by atoms with Gasteiger partial charge in [-0.2, -0.15) is 0 Å². The molecule has 1 aromatic carbocycles. The highest BCUT2D eigenvalue weighted by Gasteiger charge is 2.13. The van der Waals surface area contributed by atoms with Crippen LogP contribution in [0.5, 0.6) is 0 Å². The highest BCUT2D eigenvalue weighted by molar-refractivity contribution is 9.10. The van der Waals surface area contributed by atoms with E-state index in [2.05, 4.69) is 66.3 Å². The molecule has 0 saturated heterocycles. The molecule has 2 nitrogen and oxygen atoms in total. The van der Waals surface area contributed by atoms with Gasteiger partial charge in [-0.15, -0.1) is 0 Å². The van der Waals surface area contributed by atoms with E-state index in [1.807, 2.05) is 7.05 Å². The molecular weight excluding hydrogens is 302 g/mol. The summed E-state index contributed by atoms with van der Waals surface area (Å²) in [5.74, 6) is 0.619. The van der Waals surface area contributed by atoms with Crippen molar-refractivity contribution in [2.24, 2.45) is 5.92 Å². The number of hydrogen-bond donors (Lipinski definition) is 1. The summed E-state index contributed by atoms with van der Waals surface area (Å²) in [6, 6.07) is 8.60. The minimum absolute atomic E-state index is 0.0399. The lowest BCUT2D eigenvalue weighted by Gasteiger charge is -2.22. The van der Waals surface area contributed by atoms with Crippen LogP contribution in [0.4, 0.5) is 0 Å². The topological polar surface area (TPSA) is 21.3 Å². The zero-order chi connectivity index (χ0) is 14.3. The van der Waals surface area contributed by atoms with E-state index in [9.17, 15) is 0 Å². The molecule has 1 atom stereocenters. The Morgan fingerprint density at radius 1 is 1.21 bits per heavy atom. The van der Waals surface area contributed by atoms with Crippen LogP contribution in [0.3, 0.4) is 0 Å². The van der Waals surface area contributed by atoms with Crippen LogP contribution in [0.2, 0.25) is 0 Å². The SMILES string of the molecule is CNCC(CCOC(C)(C)C)Cc1ccc(Br)cc1. The molecule has 1 aromatic rings. The summed E-state index contributed by atoms with van der Waals surface area (Å²) in [7, 11) is 2.01. The Hall–Kier alpha value is -0.380. The molecule has 3 heteroatoms. The molecule has 0 fully saturated rings. The lowest BCUT2D eigenvalue weighted by molar-refractivity contribution is -0.00912. The van der Waals surface area contributed by atoms with Gasteiger partial charge >= 0.3 is 0 Å². The van der Waals surface area contributed by atoms with Crippen molar-refractivity contribution in [3.63, 3.8) is 0 Å². The quantitative estimate of drug-likeness (QED) is 0.816. The number of hydrogen-bond acceptors (Lipinski definition) is 2. The Bertz CT molecular complexity index is 356. The fourth-order valence-corrected chi connectivity index (χ4v) is 2.31. The van der Waals surface area contributed by atoms with E-state index in [-0.39, 0.29) is 5.60 Å². The molecule has 108 valence electrons. The van der Waals surface area contributed by atoms with Crippen molar-refractivity contribution >= 4 is 15.9 Å². The highest BCUT2D eigenvalue weighted by Crippen LogP contribution is 2.17. The van der Waals surface area contributed by atoms with E-state index in [1.54, 1.807) is 0 Å². The maximum atomic E-state index is 5.83. The van der Waals surface area contributed by atoms with Gasteiger partial charge in [-0.1, -0.05) is 28.1 Å². The fraction of sp³-hybridized carbons (Fsp3) is 0.625. The molecule has 1 rings (SSSR count). The average Bonchev–Trinajstić information content (AvgIpc) is 2.30. The van der Waals surface area contributed by atoms with Crippen molar-refractivity contribution in [3.8, 4) is 0 Å². The summed E-state index contributed by atoms with van der Waals surface area (Å²) in [6.07, 6.45) is 2.19. The van der Waals surface area contributed by atoms with Crippen molar-refractivity contribution in [1.29, 1.82) is 0 Å². The van der Waals surface area contributed by atoms with E-state index in [4.69, 9.17) is 4.74 Å². The van der Waals surface area contributed by atoms with E-state index in [1.165, 1.54) is 5.56 Å². The first-order valence-electron chi connectivity index (χ1n) is 6.94. The van der Waals surface area contributed by atoms with Crippen LogP contribution < -0.4 is 5.32 Å². The normalized spacial score (nSPS) is 13.5. The third-order valence-electron chi connectivity index (χ3n) is 2.99. The summed E-state index contributed by atoms with van der Waals surface area (Å²) in [4.78, 5) is 0. The van der Waals surface area contributed by atoms with Gasteiger partial charge in [-0.25, -0.2) is 0 Å². The molecule has 1 N–H and O–H groups in total. The van der Waals surface area contributed by atoms with Crippen molar-refractivity contribution in [3.05, 3.63) is 34.3 Å². The first-order chi connectivity index (χ1) is 8.90. The molecular formula is C16H26BrNO. The molecule has 0 radical (unpaired) electrons. The lowest BCUT2D eigenvalue weighted by atomic mass is 9.96. The first kappa shape index (κ1) is 16.7. The van der Waals surface area contributed by atoms with E-state index >= 15 is 0 Å². The van der Waals surface area contributed by atoms with Gasteiger partial charge in [-0.05, 0) is 70.8 Å². The molecule has 19 heavy (non-hydrogen) atoms. The molecule has 0 aliphatic heterocycles. The molecule has 0 aromatic heterocycles. The zero-order valence-corrected chi connectivity index (χ0v) is 14.1. The number of ether oxygens (including phenoxy) is 1. The van der Waals surface area contributed by atoms with Crippen molar-refractivity contribution in [2.75, 3.05) is 20.2 Å². The van der Waals surface area contributed by atoms with Crippen LogP contribution in [0, 0.1) is 5.92 Å².